The Hall–Kier alpha value is -1.11. The van der Waals surface area contributed by atoms with Crippen LogP contribution in [0.3, 0.4) is 0 Å². The van der Waals surface area contributed by atoms with Gasteiger partial charge < -0.3 is 10.8 Å². The molecule has 0 fully saturated rings. The fourth-order valence-corrected chi connectivity index (χ4v) is 2.73. The van der Waals surface area contributed by atoms with Crippen molar-refractivity contribution in [2.24, 2.45) is 5.73 Å². The van der Waals surface area contributed by atoms with Crippen LogP contribution in [0.4, 0.5) is 13.2 Å². The van der Waals surface area contributed by atoms with E-state index < -0.39 is 17.5 Å². The molecule has 1 aromatic rings. The summed E-state index contributed by atoms with van der Waals surface area (Å²) in [5, 5.41) is 8.73. The predicted molar refractivity (Wildman–Crippen MR) is 69.5 cm³/mol. The average molecular weight is 288 g/mol. The first-order chi connectivity index (χ1) is 9.60. The lowest BCUT2D eigenvalue weighted by Crippen LogP contribution is -2.28. The van der Waals surface area contributed by atoms with Gasteiger partial charge in [0.05, 0.1) is 0 Å². The summed E-state index contributed by atoms with van der Waals surface area (Å²) in [7, 11) is 0. The number of aliphatic hydroxyl groups is 1. The molecule has 0 saturated carbocycles. The third kappa shape index (κ3) is 2.82. The highest BCUT2D eigenvalue weighted by Gasteiger charge is 2.33. The van der Waals surface area contributed by atoms with E-state index >= 15 is 0 Å². The molecule has 0 bridgehead atoms. The van der Waals surface area contributed by atoms with Crippen molar-refractivity contribution in [1.82, 2.24) is 4.90 Å². The van der Waals surface area contributed by atoms with Crippen molar-refractivity contribution in [3.05, 3.63) is 34.6 Å². The lowest BCUT2D eigenvalue weighted by molar-refractivity contribution is 0.209. The van der Waals surface area contributed by atoms with Gasteiger partial charge in [0, 0.05) is 31.3 Å². The van der Waals surface area contributed by atoms with Crippen molar-refractivity contribution < 1.29 is 18.3 Å². The molecule has 1 aromatic carbocycles. The third-order valence-electron chi connectivity index (χ3n) is 3.79. The molecule has 2 rings (SSSR count). The monoisotopic (exact) mass is 288 g/mol. The highest BCUT2D eigenvalue weighted by Crippen LogP contribution is 2.36. The number of nitrogens with zero attached hydrogens (tertiary/aromatic N) is 1. The summed E-state index contributed by atoms with van der Waals surface area (Å²) < 4.78 is 40.4. The summed E-state index contributed by atoms with van der Waals surface area (Å²) in [6.45, 7) is 1.29. The van der Waals surface area contributed by atoms with Gasteiger partial charge in [-0.3, -0.25) is 4.90 Å². The first-order valence-electron chi connectivity index (χ1n) is 6.81. The molecule has 0 radical (unpaired) electrons. The Kier molecular flexibility index (Phi) is 5.01. The van der Waals surface area contributed by atoms with Gasteiger partial charge in [-0.25, -0.2) is 13.2 Å². The molecule has 6 heteroatoms. The number of unbranched alkanes of at least 4 members (excludes halogenated alkanes) is 2. The summed E-state index contributed by atoms with van der Waals surface area (Å²) in [6.07, 6.45) is 2.40. The Labute approximate surface area is 116 Å². The molecule has 1 aliphatic heterocycles. The maximum absolute atomic E-state index is 13.8. The SMILES string of the molecule is NCC1c2cc(F)c(F)c(F)c2CN1CCCCCO. The summed E-state index contributed by atoms with van der Waals surface area (Å²) in [4.78, 5) is 1.93. The van der Waals surface area contributed by atoms with Gasteiger partial charge in [-0.05, 0) is 37.4 Å². The summed E-state index contributed by atoms with van der Waals surface area (Å²) in [6, 6.07) is 0.780. The zero-order chi connectivity index (χ0) is 14.7. The van der Waals surface area contributed by atoms with E-state index in [0.29, 0.717) is 18.5 Å². The number of hydrogen-bond acceptors (Lipinski definition) is 3. The first kappa shape index (κ1) is 15.3. The van der Waals surface area contributed by atoms with Gasteiger partial charge in [-0.1, -0.05) is 0 Å². The van der Waals surface area contributed by atoms with Crippen molar-refractivity contribution >= 4 is 0 Å². The van der Waals surface area contributed by atoms with Crippen molar-refractivity contribution in [3.8, 4) is 0 Å². The van der Waals surface area contributed by atoms with Crippen LogP contribution in [0, 0.1) is 17.5 Å². The number of nitrogens with two attached hydrogens (primary N) is 1. The number of halogens is 3. The van der Waals surface area contributed by atoms with E-state index in [-0.39, 0.29) is 31.3 Å². The largest absolute Gasteiger partial charge is 0.396 e. The number of rotatable bonds is 6. The smallest absolute Gasteiger partial charge is 0.194 e. The van der Waals surface area contributed by atoms with Crippen LogP contribution in [-0.2, 0) is 6.54 Å². The molecule has 0 amide bonds. The molecule has 0 spiro atoms. The van der Waals surface area contributed by atoms with E-state index in [0.717, 1.165) is 18.9 Å². The van der Waals surface area contributed by atoms with E-state index in [1.807, 2.05) is 4.90 Å². The van der Waals surface area contributed by atoms with Crippen LogP contribution in [0.1, 0.15) is 36.4 Å². The topological polar surface area (TPSA) is 49.5 Å². The normalized spacial score (nSPS) is 18.6. The second-order valence-electron chi connectivity index (χ2n) is 5.06. The van der Waals surface area contributed by atoms with E-state index in [2.05, 4.69) is 0 Å². The van der Waals surface area contributed by atoms with Gasteiger partial charge in [0.25, 0.3) is 0 Å². The van der Waals surface area contributed by atoms with Crippen LogP contribution in [0.15, 0.2) is 6.07 Å². The Balaban J connectivity index is 2.15. The standard InChI is InChI=1S/C14H19F3N2O/c15-11-6-9-10(13(16)14(11)17)8-19(12(9)7-18)4-2-1-3-5-20/h6,12,20H,1-5,7-8,18H2. The predicted octanol–water partition coefficient (Wildman–Crippen LogP) is 2.08. The molecule has 1 aliphatic rings. The van der Waals surface area contributed by atoms with E-state index in [1.165, 1.54) is 0 Å². The van der Waals surface area contributed by atoms with E-state index in [9.17, 15) is 13.2 Å². The highest BCUT2D eigenvalue weighted by molar-refractivity contribution is 5.37. The van der Waals surface area contributed by atoms with Crippen LogP contribution in [0.2, 0.25) is 0 Å². The fraction of sp³-hybridized carbons (Fsp3) is 0.571. The molecule has 3 nitrogen and oxygen atoms in total. The van der Waals surface area contributed by atoms with Crippen LogP contribution in [0.5, 0.6) is 0 Å². The number of fused-ring (bicyclic) bond motifs is 1. The van der Waals surface area contributed by atoms with Gasteiger partial charge in [-0.2, -0.15) is 0 Å². The molecule has 1 atom stereocenters. The maximum atomic E-state index is 13.8. The molecular formula is C14H19F3N2O. The third-order valence-corrected chi connectivity index (χ3v) is 3.79. The molecule has 0 saturated heterocycles. The number of aliphatic hydroxyl groups excluding tert-OH is 1. The Bertz CT molecular complexity index is 482. The van der Waals surface area contributed by atoms with Gasteiger partial charge in [0.15, 0.2) is 17.5 Å². The Morgan fingerprint density at radius 2 is 1.95 bits per heavy atom. The summed E-state index contributed by atoms with van der Waals surface area (Å²) >= 11 is 0. The number of benzene rings is 1. The van der Waals surface area contributed by atoms with Gasteiger partial charge >= 0.3 is 0 Å². The first-order valence-corrected chi connectivity index (χ1v) is 6.81. The molecule has 0 aliphatic carbocycles. The minimum Gasteiger partial charge on any atom is -0.396 e. The maximum Gasteiger partial charge on any atom is 0.194 e. The fourth-order valence-electron chi connectivity index (χ4n) is 2.73. The van der Waals surface area contributed by atoms with Gasteiger partial charge in [0.1, 0.15) is 0 Å². The van der Waals surface area contributed by atoms with Gasteiger partial charge in [0.2, 0.25) is 0 Å². The average Bonchev–Trinajstić information content (AvgIpc) is 2.79. The quantitative estimate of drug-likeness (QED) is 0.622. The summed E-state index contributed by atoms with van der Waals surface area (Å²) in [5.74, 6) is -3.68. The second-order valence-corrected chi connectivity index (χ2v) is 5.06. The lowest BCUT2D eigenvalue weighted by atomic mass is 10.0. The molecule has 1 heterocycles. The zero-order valence-electron chi connectivity index (χ0n) is 11.2. The zero-order valence-corrected chi connectivity index (χ0v) is 11.2. The molecule has 0 aromatic heterocycles. The highest BCUT2D eigenvalue weighted by atomic mass is 19.2. The van der Waals surface area contributed by atoms with Crippen LogP contribution in [0.25, 0.3) is 0 Å². The number of hydrogen-bond donors (Lipinski definition) is 2. The Morgan fingerprint density at radius 1 is 1.20 bits per heavy atom. The van der Waals surface area contributed by atoms with Crippen LogP contribution < -0.4 is 5.73 Å². The molecular weight excluding hydrogens is 269 g/mol. The Morgan fingerprint density at radius 3 is 2.60 bits per heavy atom. The van der Waals surface area contributed by atoms with Crippen molar-refractivity contribution in [1.29, 1.82) is 0 Å². The van der Waals surface area contributed by atoms with E-state index in [1.54, 1.807) is 0 Å². The lowest BCUT2D eigenvalue weighted by Gasteiger charge is -2.23. The van der Waals surface area contributed by atoms with Crippen molar-refractivity contribution in [3.63, 3.8) is 0 Å². The van der Waals surface area contributed by atoms with Crippen molar-refractivity contribution in [2.75, 3.05) is 19.7 Å². The van der Waals surface area contributed by atoms with E-state index in [4.69, 9.17) is 10.8 Å². The molecule has 1 unspecified atom stereocenters. The van der Waals surface area contributed by atoms with Gasteiger partial charge in [-0.15, -0.1) is 0 Å². The molecule has 20 heavy (non-hydrogen) atoms. The molecule has 112 valence electrons. The van der Waals surface area contributed by atoms with Crippen LogP contribution >= 0.6 is 0 Å². The minimum atomic E-state index is -1.42. The van der Waals surface area contributed by atoms with Crippen molar-refractivity contribution in [2.45, 2.75) is 31.8 Å². The second kappa shape index (κ2) is 6.56. The summed E-state index contributed by atoms with van der Waals surface area (Å²) in [5.41, 5.74) is 6.35. The molecule has 3 N–H and O–H groups in total. The van der Waals surface area contributed by atoms with Crippen LogP contribution in [-0.4, -0.2) is 29.7 Å². The minimum absolute atomic E-state index is 0.144.